The first-order valence-electron chi connectivity index (χ1n) is 6.64. The maximum Gasteiger partial charge on any atom is 0.243 e. The van der Waals surface area contributed by atoms with Crippen molar-refractivity contribution in [1.82, 2.24) is 9.88 Å². The summed E-state index contributed by atoms with van der Waals surface area (Å²) >= 11 is 1.70. The van der Waals surface area contributed by atoms with E-state index in [4.69, 9.17) is 0 Å². The third kappa shape index (κ3) is 4.02. The number of hydrogen-bond donors (Lipinski definition) is 1. The minimum atomic E-state index is -2.96. The van der Waals surface area contributed by atoms with Crippen molar-refractivity contribution in [2.75, 3.05) is 23.5 Å². The van der Waals surface area contributed by atoms with Crippen LogP contribution in [0, 0.1) is 0 Å². The molecule has 1 N–H and O–H groups in total. The third-order valence-corrected chi connectivity index (χ3v) is 5.88. The Bertz CT molecular complexity index is 540. The second kappa shape index (κ2) is 6.67. The Kier molecular flexibility index (Phi) is 5.15. The first kappa shape index (κ1) is 15.4. The fourth-order valence-electron chi connectivity index (χ4n) is 2.41. The topological polar surface area (TPSA) is 68.2 Å². The molecule has 0 aliphatic carbocycles. The van der Waals surface area contributed by atoms with E-state index >= 15 is 0 Å². The summed E-state index contributed by atoms with van der Waals surface area (Å²) in [5.74, 6) is 1.05. The van der Waals surface area contributed by atoms with Gasteiger partial charge in [0.25, 0.3) is 0 Å². The second-order valence-electron chi connectivity index (χ2n) is 5.04. The lowest BCUT2D eigenvalue weighted by Crippen LogP contribution is -2.40. The van der Waals surface area contributed by atoms with Gasteiger partial charge >= 0.3 is 0 Å². The highest BCUT2D eigenvalue weighted by molar-refractivity contribution is 7.98. The molecule has 5 nitrogen and oxygen atoms in total. The first-order valence-corrected chi connectivity index (χ1v) is 9.85. The van der Waals surface area contributed by atoms with Crippen LogP contribution in [-0.4, -0.2) is 48.4 Å². The number of aromatic nitrogens is 1. The van der Waals surface area contributed by atoms with Gasteiger partial charge in [0.1, 0.15) is 6.04 Å². The van der Waals surface area contributed by atoms with Gasteiger partial charge in [-0.15, -0.1) is 0 Å². The molecule has 0 radical (unpaired) electrons. The summed E-state index contributed by atoms with van der Waals surface area (Å²) in [5.41, 5.74) is 0. The molecule has 0 aromatic carbocycles. The van der Waals surface area contributed by atoms with E-state index in [0.29, 0.717) is 6.42 Å². The Labute approximate surface area is 124 Å². The van der Waals surface area contributed by atoms with E-state index < -0.39 is 9.84 Å². The number of rotatable bonds is 6. The largest absolute Gasteiger partial charge is 0.351 e. The van der Waals surface area contributed by atoms with Gasteiger partial charge in [0.2, 0.25) is 5.91 Å². The van der Waals surface area contributed by atoms with Crippen molar-refractivity contribution in [3.8, 4) is 0 Å². The van der Waals surface area contributed by atoms with Crippen molar-refractivity contribution in [1.29, 1.82) is 0 Å². The van der Waals surface area contributed by atoms with E-state index in [1.807, 2.05) is 35.3 Å². The van der Waals surface area contributed by atoms with Gasteiger partial charge in [0, 0.05) is 18.4 Å². The van der Waals surface area contributed by atoms with Crippen LogP contribution in [0.15, 0.2) is 24.5 Å². The molecule has 0 spiro atoms. The molecule has 1 saturated heterocycles. The Morgan fingerprint density at radius 1 is 1.45 bits per heavy atom. The monoisotopic (exact) mass is 316 g/mol. The quantitative estimate of drug-likeness (QED) is 0.853. The third-order valence-electron chi connectivity index (χ3n) is 3.46. The molecular weight excluding hydrogens is 296 g/mol. The van der Waals surface area contributed by atoms with Crippen LogP contribution in [0.1, 0.15) is 18.9 Å². The normalized spacial score (nSPS) is 22.6. The molecule has 1 aromatic heterocycles. The number of hydrogen-bond acceptors (Lipinski definition) is 4. The zero-order chi connectivity index (χ0) is 14.6. The number of carbonyl (C=O) groups excluding carboxylic acids is 1. The minimum absolute atomic E-state index is 0.0691. The van der Waals surface area contributed by atoms with Gasteiger partial charge in [0.05, 0.1) is 11.5 Å². The molecule has 0 saturated carbocycles. The zero-order valence-corrected chi connectivity index (χ0v) is 13.1. The highest BCUT2D eigenvalue weighted by Crippen LogP contribution is 2.17. The van der Waals surface area contributed by atoms with Gasteiger partial charge in [-0.05, 0) is 37.0 Å². The molecule has 112 valence electrons. The Balaban J connectivity index is 2.00. The van der Waals surface area contributed by atoms with Crippen molar-refractivity contribution in [3.05, 3.63) is 24.5 Å². The molecule has 2 heterocycles. The molecule has 0 unspecified atom stereocenters. The van der Waals surface area contributed by atoms with Crippen LogP contribution in [0.4, 0.5) is 0 Å². The summed E-state index contributed by atoms with van der Waals surface area (Å²) in [6.07, 6.45) is 7.01. The van der Waals surface area contributed by atoms with Crippen LogP contribution in [0.25, 0.3) is 0 Å². The number of nitrogens with one attached hydrogen (secondary N) is 1. The second-order valence-corrected chi connectivity index (χ2v) is 8.25. The highest BCUT2D eigenvalue weighted by atomic mass is 32.2. The van der Waals surface area contributed by atoms with Crippen LogP contribution < -0.4 is 5.32 Å². The van der Waals surface area contributed by atoms with Gasteiger partial charge in [-0.1, -0.05) is 0 Å². The molecule has 1 aliphatic rings. The van der Waals surface area contributed by atoms with E-state index in [0.717, 1.165) is 12.2 Å². The number of nitrogens with zero attached hydrogens (tertiary/aromatic N) is 1. The maximum absolute atomic E-state index is 12.4. The molecule has 20 heavy (non-hydrogen) atoms. The SMILES string of the molecule is CSCC[C@@H](C(=O)N[C@@H]1CCS(=O)(=O)C1)n1cccc1. The lowest BCUT2D eigenvalue weighted by Gasteiger charge is -2.20. The molecule has 1 aliphatic heterocycles. The standard InChI is InChI=1S/C13H20N2O3S2/c1-19-8-4-12(15-6-2-3-7-15)13(16)14-11-5-9-20(17,18)10-11/h2-3,6-7,11-12H,4-5,8-10H2,1H3,(H,14,16)/t11-,12+/m1/s1. The summed E-state index contributed by atoms with van der Waals surface area (Å²) in [6, 6.07) is 3.28. The molecule has 2 rings (SSSR count). The van der Waals surface area contributed by atoms with Crippen molar-refractivity contribution in [2.24, 2.45) is 0 Å². The first-order chi connectivity index (χ1) is 9.52. The van der Waals surface area contributed by atoms with Crippen LogP contribution in [0.5, 0.6) is 0 Å². The molecule has 2 atom stereocenters. The van der Waals surface area contributed by atoms with Gasteiger partial charge in [0.15, 0.2) is 9.84 Å². The molecule has 1 fully saturated rings. The van der Waals surface area contributed by atoms with Crippen LogP contribution in [0.3, 0.4) is 0 Å². The van der Waals surface area contributed by atoms with Gasteiger partial charge in [-0.25, -0.2) is 8.42 Å². The van der Waals surface area contributed by atoms with Crippen molar-refractivity contribution >= 4 is 27.5 Å². The Hall–Kier alpha value is -0.950. The van der Waals surface area contributed by atoms with Crippen molar-refractivity contribution in [2.45, 2.75) is 24.9 Å². The van der Waals surface area contributed by atoms with Gasteiger partial charge < -0.3 is 9.88 Å². The highest BCUT2D eigenvalue weighted by Gasteiger charge is 2.30. The fourth-order valence-corrected chi connectivity index (χ4v) is 4.54. The number of carbonyl (C=O) groups is 1. The predicted molar refractivity (Wildman–Crippen MR) is 81.7 cm³/mol. The van der Waals surface area contributed by atoms with Crippen molar-refractivity contribution in [3.63, 3.8) is 0 Å². The summed E-state index contributed by atoms with van der Waals surface area (Å²) < 4.78 is 24.8. The van der Waals surface area contributed by atoms with Crippen LogP contribution in [-0.2, 0) is 14.6 Å². The maximum atomic E-state index is 12.4. The molecule has 1 aromatic rings. The predicted octanol–water partition coefficient (Wildman–Crippen LogP) is 1.09. The lowest BCUT2D eigenvalue weighted by molar-refractivity contribution is -0.125. The van der Waals surface area contributed by atoms with E-state index in [-0.39, 0.29) is 29.5 Å². The Morgan fingerprint density at radius 3 is 2.70 bits per heavy atom. The molecule has 0 bridgehead atoms. The van der Waals surface area contributed by atoms with Crippen LogP contribution >= 0.6 is 11.8 Å². The molecule has 7 heteroatoms. The average molecular weight is 316 g/mol. The number of amides is 1. The van der Waals surface area contributed by atoms with E-state index in [1.165, 1.54) is 0 Å². The van der Waals surface area contributed by atoms with Gasteiger partial charge in [-0.2, -0.15) is 11.8 Å². The summed E-state index contributed by atoms with van der Waals surface area (Å²) in [6.45, 7) is 0. The average Bonchev–Trinajstić information content (AvgIpc) is 3.00. The van der Waals surface area contributed by atoms with E-state index in [2.05, 4.69) is 5.32 Å². The molecular formula is C13H20N2O3S2. The summed E-state index contributed by atoms with van der Waals surface area (Å²) in [5, 5.41) is 2.88. The minimum Gasteiger partial charge on any atom is -0.351 e. The summed E-state index contributed by atoms with van der Waals surface area (Å²) in [7, 11) is -2.96. The lowest BCUT2D eigenvalue weighted by atomic mass is 10.2. The fraction of sp³-hybridized carbons (Fsp3) is 0.615. The van der Waals surface area contributed by atoms with Crippen LogP contribution in [0.2, 0.25) is 0 Å². The van der Waals surface area contributed by atoms with Crippen molar-refractivity contribution < 1.29 is 13.2 Å². The van der Waals surface area contributed by atoms with E-state index in [9.17, 15) is 13.2 Å². The smallest absolute Gasteiger partial charge is 0.243 e. The summed E-state index contributed by atoms with van der Waals surface area (Å²) in [4.78, 5) is 12.4. The Morgan fingerprint density at radius 2 is 2.15 bits per heavy atom. The van der Waals surface area contributed by atoms with Gasteiger partial charge in [-0.3, -0.25) is 4.79 Å². The van der Waals surface area contributed by atoms with E-state index in [1.54, 1.807) is 11.8 Å². The zero-order valence-electron chi connectivity index (χ0n) is 11.5. The number of thioether (sulfide) groups is 1. The number of sulfone groups is 1. The molecule has 1 amide bonds.